The molecule has 1 aromatic rings. The van der Waals surface area contributed by atoms with E-state index in [1.54, 1.807) is 12.1 Å². The number of anilines is 1. The molecular formula is C10H11Br2NO2. The van der Waals surface area contributed by atoms with Gasteiger partial charge < -0.3 is 10.5 Å². The molecular weight excluding hydrogens is 326 g/mol. The quantitative estimate of drug-likeness (QED) is 0.680. The molecule has 0 aliphatic carbocycles. The molecule has 5 heteroatoms. The summed E-state index contributed by atoms with van der Waals surface area (Å²) in [6, 6.07) is 3.43. The van der Waals surface area contributed by atoms with Crippen LogP contribution in [0.25, 0.3) is 0 Å². The van der Waals surface area contributed by atoms with E-state index in [2.05, 4.69) is 31.9 Å². The zero-order valence-corrected chi connectivity index (χ0v) is 11.4. The number of carbonyl (C=O) groups is 1. The molecule has 2 N–H and O–H groups in total. The average Bonchev–Trinajstić information content (AvgIpc) is 2.19. The highest BCUT2D eigenvalue weighted by molar-refractivity contribution is 9.11. The van der Waals surface area contributed by atoms with E-state index in [0.29, 0.717) is 22.3 Å². The van der Waals surface area contributed by atoms with Gasteiger partial charge in [0.2, 0.25) is 0 Å². The van der Waals surface area contributed by atoms with Crippen molar-refractivity contribution in [2.75, 3.05) is 12.3 Å². The summed E-state index contributed by atoms with van der Waals surface area (Å²) in [5.74, 6) is -0.392. The largest absolute Gasteiger partial charge is 0.462 e. The highest BCUT2D eigenvalue weighted by atomic mass is 79.9. The molecule has 0 bridgehead atoms. The van der Waals surface area contributed by atoms with Crippen molar-refractivity contribution in [3.05, 3.63) is 26.6 Å². The van der Waals surface area contributed by atoms with E-state index >= 15 is 0 Å². The first kappa shape index (κ1) is 12.5. The van der Waals surface area contributed by atoms with Crippen LogP contribution in [0.4, 0.5) is 5.69 Å². The topological polar surface area (TPSA) is 52.3 Å². The van der Waals surface area contributed by atoms with E-state index in [1.165, 1.54) is 0 Å². The summed E-state index contributed by atoms with van der Waals surface area (Å²) >= 11 is 6.56. The molecule has 1 aromatic carbocycles. The number of nitrogens with two attached hydrogens (primary N) is 1. The molecule has 0 aliphatic heterocycles. The Hall–Kier alpha value is -0.550. The molecule has 0 radical (unpaired) electrons. The summed E-state index contributed by atoms with van der Waals surface area (Å²) in [7, 11) is 0. The lowest BCUT2D eigenvalue weighted by Gasteiger charge is -2.08. The molecule has 0 saturated carbocycles. The van der Waals surface area contributed by atoms with Gasteiger partial charge in [0.05, 0.1) is 17.9 Å². The fraction of sp³-hybridized carbons (Fsp3) is 0.300. The lowest BCUT2D eigenvalue weighted by molar-refractivity contribution is 0.0506. The van der Waals surface area contributed by atoms with Crippen LogP contribution in [0, 0.1) is 0 Å². The molecule has 1 rings (SSSR count). The van der Waals surface area contributed by atoms with Crippen molar-refractivity contribution in [2.24, 2.45) is 0 Å². The van der Waals surface area contributed by atoms with Gasteiger partial charge in [-0.3, -0.25) is 0 Å². The van der Waals surface area contributed by atoms with Gasteiger partial charge in [-0.2, -0.15) is 0 Å². The van der Waals surface area contributed by atoms with Crippen LogP contribution in [-0.4, -0.2) is 12.6 Å². The minimum Gasteiger partial charge on any atom is -0.462 e. The number of hydrogen-bond acceptors (Lipinski definition) is 3. The average molecular weight is 337 g/mol. The summed E-state index contributed by atoms with van der Waals surface area (Å²) in [5.41, 5.74) is 6.54. The maximum Gasteiger partial charge on any atom is 0.340 e. The summed E-state index contributed by atoms with van der Waals surface area (Å²) < 4.78 is 6.47. The van der Waals surface area contributed by atoms with Crippen LogP contribution in [0.15, 0.2) is 21.1 Å². The van der Waals surface area contributed by atoms with Crippen molar-refractivity contribution >= 4 is 43.5 Å². The minimum atomic E-state index is -0.392. The van der Waals surface area contributed by atoms with Gasteiger partial charge >= 0.3 is 5.97 Å². The number of carbonyl (C=O) groups excluding carboxylic acids is 1. The van der Waals surface area contributed by atoms with E-state index in [1.807, 2.05) is 6.92 Å². The SMILES string of the molecule is CCCOC(=O)c1cc(Br)cc(Br)c1N. The van der Waals surface area contributed by atoms with E-state index in [9.17, 15) is 4.79 Å². The maximum absolute atomic E-state index is 11.6. The molecule has 0 saturated heterocycles. The van der Waals surface area contributed by atoms with Gasteiger partial charge in [0.1, 0.15) is 0 Å². The molecule has 0 aromatic heterocycles. The molecule has 15 heavy (non-hydrogen) atoms. The van der Waals surface area contributed by atoms with Crippen LogP contribution >= 0.6 is 31.9 Å². The predicted molar refractivity (Wildman–Crippen MR) is 66.8 cm³/mol. The Kier molecular flexibility index (Phi) is 4.60. The second kappa shape index (κ2) is 5.51. The zero-order valence-electron chi connectivity index (χ0n) is 8.22. The van der Waals surface area contributed by atoms with Crippen molar-refractivity contribution in [3.8, 4) is 0 Å². The smallest absolute Gasteiger partial charge is 0.340 e. The molecule has 0 amide bonds. The molecule has 3 nitrogen and oxygen atoms in total. The van der Waals surface area contributed by atoms with Crippen LogP contribution in [0.2, 0.25) is 0 Å². The van der Waals surface area contributed by atoms with Gasteiger partial charge in [0.15, 0.2) is 0 Å². The Bertz CT molecular complexity index is 380. The van der Waals surface area contributed by atoms with Gasteiger partial charge in [0, 0.05) is 8.95 Å². The number of esters is 1. The zero-order chi connectivity index (χ0) is 11.4. The van der Waals surface area contributed by atoms with Crippen LogP contribution in [-0.2, 0) is 4.74 Å². The standard InChI is InChI=1S/C10H11Br2NO2/c1-2-3-15-10(14)7-4-6(11)5-8(12)9(7)13/h4-5H,2-3,13H2,1H3. The summed E-state index contributed by atoms with van der Waals surface area (Å²) in [4.78, 5) is 11.6. The summed E-state index contributed by atoms with van der Waals surface area (Å²) in [5, 5.41) is 0. The van der Waals surface area contributed by atoms with Gasteiger partial charge in [-0.05, 0) is 34.5 Å². The molecule has 0 heterocycles. The maximum atomic E-state index is 11.6. The van der Waals surface area contributed by atoms with E-state index in [4.69, 9.17) is 10.5 Å². The van der Waals surface area contributed by atoms with Gasteiger partial charge in [0.25, 0.3) is 0 Å². The monoisotopic (exact) mass is 335 g/mol. The van der Waals surface area contributed by atoms with Gasteiger partial charge in [-0.25, -0.2) is 4.79 Å². The number of rotatable bonds is 3. The third-order valence-electron chi connectivity index (χ3n) is 1.75. The van der Waals surface area contributed by atoms with Gasteiger partial charge in [-0.1, -0.05) is 22.9 Å². The second-order valence-electron chi connectivity index (χ2n) is 2.98. The first-order valence-electron chi connectivity index (χ1n) is 4.48. The molecule has 0 unspecified atom stereocenters. The molecule has 82 valence electrons. The molecule has 0 aliphatic rings. The van der Waals surface area contributed by atoms with Crippen molar-refractivity contribution in [2.45, 2.75) is 13.3 Å². The molecule has 0 atom stereocenters. The normalized spacial score (nSPS) is 10.1. The van der Waals surface area contributed by atoms with E-state index in [-0.39, 0.29) is 0 Å². The Balaban J connectivity index is 2.98. The first-order chi connectivity index (χ1) is 7.06. The van der Waals surface area contributed by atoms with Crippen molar-refractivity contribution < 1.29 is 9.53 Å². The van der Waals surface area contributed by atoms with Crippen LogP contribution in [0.1, 0.15) is 23.7 Å². The molecule has 0 fully saturated rings. The lowest BCUT2D eigenvalue weighted by Crippen LogP contribution is -2.09. The Morgan fingerprint density at radius 3 is 2.73 bits per heavy atom. The van der Waals surface area contributed by atoms with Gasteiger partial charge in [-0.15, -0.1) is 0 Å². The van der Waals surface area contributed by atoms with E-state index in [0.717, 1.165) is 10.9 Å². The lowest BCUT2D eigenvalue weighted by atomic mass is 10.2. The Labute approximate surface area is 105 Å². The Morgan fingerprint density at radius 2 is 2.13 bits per heavy atom. The van der Waals surface area contributed by atoms with Crippen molar-refractivity contribution in [1.29, 1.82) is 0 Å². The second-order valence-corrected chi connectivity index (χ2v) is 4.75. The first-order valence-corrected chi connectivity index (χ1v) is 6.06. The highest BCUT2D eigenvalue weighted by Gasteiger charge is 2.14. The predicted octanol–water partition coefficient (Wildman–Crippen LogP) is 3.36. The molecule has 0 spiro atoms. The third-order valence-corrected chi connectivity index (χ3v) is 2.87. The highest BCUT2D eigenvalue weighted by Crippen LogP contribution is 2.28. The van der Waals surface area contributed by atoms with Crippen molar-refractivity contribution in [3.63, 3.8) is 0 Å². The van der Waals surface area contributed by atoms with Crippen LogP contribution in [0.5, 0.6) is 0 Å². The van der Waals surface area contributed by atoms with Crippen LogP contribution in [0.3, 0.4) is 0 Å². The number of benzene rings is 1. The summed E-state index contributed by atoms with van der Waals surface area (Å²) in [6.45, 7) is 2.34. The number of nitrogen functional groups attached to an aromatic ring is 1. The number of halogens is 2. The fourth-order valence-corrected chi connectivity index (χ4v) is 2.25. The summed E-state index contributed by atoms with van der Waals surface area (Å²) in [6.07, 6.45) is 0.792. The Morgan fingerprint density at radius 1 is 1.47 bits per heavy atom. The third kappa shape index (κ3) is 3.21. The number of hydrogen-bond donors (Lipinski definition) is 1. The van der Waals surface area contributed by atoms with Crippen LogP contribution < -0.4 is 5.73 Å². The number of ether oxygens (including phenoxy) is 1. The minimum absolute atomic E-state index is 0.379. The fourth-order valence-electron chi connectivity index (χ4n) is 1.03. The van der Waals surface area contributed by atoms with Crippen molar-refractivity contribution in [1.82, 2.24) is 0 Å². The van der Waals surface area contributed by atoms with E-state index < -0.39 is 5.97 Å².